The van der Waals surface area contributed by atoms with E-state index in [-0.39, 0.29) is 6.42 Å². The van der Waals surface area contributed by atoms with Gasteiger partial charge < -0.3 is 25.0 Å². The van der Waals surface area contributed by atoms with Gasteiger partial charge in [-0.25, -0.2) is 9.78 Å². The Balaban J connectivity index is 1.53. The Hall–Kier alpha value is -3.31. The molecule has 34 heavy (non-hydrogen) atoms. The summed E-state index contributed by atoms with van der Waals surface area (Å²) < 4.78 is 5.78. The van der Waals surface area contributed by atoms with Crippen molar-refractivity contribution in [1.29, 1.82) is 0 Å². The molecule has 10 nitrogen and oxygen atoms in total. The van der Waals surface area contributed by atoms with Gasteiger partial charge in [-0.1, -0.05) is 30.0 Å². The number of nitrogens with zero attached hydrogens (tertiary/aromatic N) is 3. The van der Waals surface area contributed by atoms with E-state index in [0.29, 0.717) is 25.3 Å². The molecule has 1 aromatic heterocycles. The van der Waals surface area contributed by atoms with E-state index in [9.17, 15) is 24.6 Å². The zero-order valence-electron chi connectivity index (χ0n) is 18.6. The Labute approximate surface area is 201 Å². The molecule has 0 spiro atoms. The summed E-state index contributed by atoms with van der Waals surface area (Å²) in [6.07, 6.45) is 0.0486. The van der Waals surface area contributed by atoms with Gasteiger partial charge in [-0.2, -0.15) is 0 Å². The number of rotatable bonds is 12. The van der Waals surface area contributed by atoms with Gasteiger partial charge in [0.15, 0.2) is 0 Å². The lowest BCUT2D eigenvalue weighted by Crippen LogP contribution is -2.48. The van der Waals surface area contributed by atoms with Crippen LogP contribution in [0, 0.1) is 0 Å². The predicted molar refractivity (Wildman–Crippen MR) is 126 cm³/mol. The number of amides is 1. The molecule has 1 fully saturated rings. The number of aromatic nitrogens is 1. The quantitative estimate of drug-likeness (QED) is 0.407. The van der Waals surface area contributed by atoms with E-state index < -0.39 is 41.1 Å². The number of carboxylic acids is 2. The van der Waals surface area contributed by atoms with Crippen LogP contribution >= 0.6 is 11.8 Å². The minimum absolute atomic E-state index is 0.275. The molecule has 0 bridgehead atoms. The molecule has 1 aliphatic rings. The zero-order valence-corrected chi connectivity index (χ0v) is 19.4. The third-order valence-electron chi connectivity index (χ3n) is 5.43. The summed E-state index contributed by atoms with van der Waals surface area (Å²) in [5.41, 5.74) is 0.849. The van der Waals surface area contributed by atoms with E-state index in [1.807, 2.05) is 42.3 Å². The van der Waals surface area contributed by atoms with Crippen LogP contribution in [0.4, 0.5) is 10.6 Å². The van der Waals surface area contributed by atoms with Crippen LogP contribution in [-0.4, -0.2) is 80.1 Å². The van der Waals surface area contributed by atoms with E-state index in [1.54, 1.807) is 18.3 Å². The van der Waals surface area contributed by atoms with Crippen molar-refractivity contribution in [2.45, 2.75) is 36.8 Å². The fourth-order valence-corrected chi connectivity index (χ4v) is 4.73. The maximum atomic E-state index is 12.4. The van der Waals surface area contributed by atoms with Crippen LogP contribution in [0.3, 0.4) is 0 Å². The molecular formula is C23H27N3O7S. The van der Waals surface area contributed by atoms with Gasteiger partial charge in [0.1, 0.15) is 30.4 Å². The van der Waals surface area contributed by atoms with Gasteiger partial charge in [-0.15, -0.1) is 0 Å². The molecule has 0 aliphatic carbocycles. The van der Waals surface area contributed by atoms with Crippen LogP contribution in [-0.2, 0) is 16.0 Å². The second-order valence-electron chi connectivity index (χ2n) is 7.84. The Kier molecular flexibility index (Phi) is 8.72. The van der Waals surface area contributed by atoms with Crippen molar-refractivity contribution in [2.75, 3.05) is 25.1 Å². The lowest BCUT2D eigenvalue weighted by atomic mass is 10.1. The van der Waals surface area contributed by atoms with Crippen LogP contribution in [0.5, 0.6) is 5.75 Å². The second kappa shape index (κ2) is 11.7. The summed E-state index contributed by atoms with van der Waals surface area (Å²) in [6, 6.07) is 11.6. The van der Waals surface area contributed by atoms with Gasteiger partial charge in [-0.05, 0) is 42.7 Å². The van der Waals surface area contributed by atoms with Crippen LogP contribution in [0.1, 0.15) is 18.4 Å². The number of thioether (sulfide) groups is 1. The molecule has 0 saturated carbocycles. The number of hydrogen-bond donors (Lipinski definition) is 3. The fraction of sp³-hybridized carbons (Fsp3) is 0.391. The number of aliphatic carboxylic acids is 2. The minimum Gasteiger partial charge on any atom is -0.492 e. The number of carboxylic acid groups (broad SMARTS) is 2. The molecule has 3 rings (SSSR count). The molecule has 1 aromatic carbocycles. The molecule has 1 saturated heterocycles. The van der Waals surface area contributed by atoms with E-state index in [1.165, 1.54) is 0 Å². The van der Waals surface area contributed by atoms with Gasteiger partial charge >= 0.3 is 11.9 Å². The Morgan fingerprint density at radius 3 is 2.56 bits per heavy atom. The van der Waals surface area contributed by atoms with Crippen molar-refractivity contribution < 1.29 is 34.4 Å². The molecule has 0 radical (unpaired) electrons. The fourth-order valence-electron chi connectivity index (χ4n) is 3.59. The Morgan fingerprint density at radius 2 is 1.94 bits per heavy atom. The van der Waals surface area contributed by atoms with Gasteiger partial charge in [0, 0.05) is 19.7 Å². The number of pyridine rings is 1. The number of anilines is 1. The summed E-state index contributed by atoms with van der Waals surface area (Å²) in [7, 11) is 1.93. The average molecular weight is 490 g/mol. The normalized spacial score (nSPS) is 18.5. The van der Waals surface area contributed by atoms with E-state index in [0.717, 1.165) is 28.0 Å². The van der Waals surface area contributed by atoms with Gasteiger partial charge in [-0.3, -0.25) is 14.5 Å². The van der Waals surface area contributed by atoms with Crippen molar-refractivity contribution in [3.05, 3.63) is 54.2 Å². The van der Waals surface area contributed by atoms with Crippen molar-refractivity contribution >= 4 is 34.8 Å². The van der Waals surface area contributed by atoms with Crippen molar-refractivity contribution in [3.8, 4) is 5.75 Å². The Bertz CT molecular complexity index is 990. The lowest BCUT2D eigenvalue weighted by Gasteiger charge is -2.28. The highest BCUT2D eigenvalue weighted by Crippen LogP contribution is 2.35. The smallest absolute Gasteiger partial charge is 0.326 e. The molecule has 3 atom stereocenters. The maximum absolute atomic E-state index is 12.4. The molecule has 1 amide bonds. The predicted octanol–water partition coefficient (Wildman–Crippen LogP) is 2.31. The SMILES string of the molecule is CN(CCOc1ccc(CC2SC(=O)N(C(CCC(=O)O)C(=O)O)C2O)cc1)c1ccccn1. The van der Waals surface area contributed by atoms with E-state index in [2.05, 4.69) is 4.98 Å². The van der Waals surface area contributed by atoms with E-state index in [4.69, 9.17) is 9.84 Å². The Morgan fingerprint density at radius 1 is 1.21 bits per heavy atom. The third-order valence-corrected chi connectivity index (χ3v) is 6.55. The molecule has 2 aromatic rings. The first-order valence-electron chi connectivity index (χ1n) is 10.7. The summed E-state index contributed by atoms with van der Waals surface area (Å²) >= 11 is 0.859. The van der Waals surface area contributed by atoms with Crippen molar-refractivity contribution in [3.63, 3.8) is 0 Å². The topological polar surface area (TPSA) is 140 Å². The van der Waals surface area contributed by atoms with Crippen LogP contribution < -0.4 is 9.64 Å². The lowest BCUT2D eigenvalue weighted by molar-refractivity contribution is -0.146. The zero-order chi connectivity index (χ0) is 24.7. The monoisotopic (exact) mass is 489 g/mol. The van der Waals surface area contributed by atoms with Crippen molar-refractivity contribution in [1.82, 2.24) is 9.88 Å². The molecule has 2 heterocycles. The number of aliphatic hydroxyl groups excluding tert-OH is 1. The molecule has 1 aliphatic heterocycles. The summed E-state index contributed by atoms with van der Waals surface area (Å²) in [5, 5.41) is 27.7. The average Bonchev–Trinajstić information content (AvgIpc) is 3.08. The molecule has 11 heteroatoms. The number of carbonyl (C=O) groups excluding carboxylic acids is 1. The van der Waals surface area contributed by atoms with E-state index >= 15 is 0 Å². The number of benzene rings is 1. The summed E-state index contributed by atoms with van der Waals surface area (Å²) in [4.78, 5) is 41.9. The number of aliphatic hydroxyl groups is 1. The first-order valence-corrected chi connectivity index (χ1v) is 11.6. The minimum atomic E-state index is -1.39. The number of hydrogen-bond acceptors (Lipinski definition) is 8. The summed E-state index contributed by atoms with van der Waals surface area (Å²) in [6.45, 7) is 1.11. The van der Waals surface area contributed by atoms with Crippen LogP contribution in [0.2, 0.25) is 0 Å². The van der Waals surface area contributed by atoms with Gasteiger partial charge in [0.2, 0.25) is 0 Å². The number of likely N-dealkylation sites (N-methyl/N-ethyl adjacent to an activating group) is 1. The first-order chi connectivity index (χ1) is 16.3. The van der Waals surface area contributed by atoms with Gasteiger partial charge in [0.05, 0.1) is 11.8 Å². The van der Waals surface area contributed by atoms with Crippen LogP contribution in [0.15, 0.2) is 48.7 Å². The summed E-state index contributed by atoms with van der Waals surface area (Å²) in [5.74, 6) is -0.978. The van der Waals surface area contributed by atoms with Gasteiger partial charge in [0.25, 0.3) is 5.24 Å². The first kappa shape index (κ1) is 25.3. The highest BCUT2D eigenvalue weighted by atomic mass is 32.2. The molecular weight excluding hydrogens is 462 g/mol. The number of ether oxygens (including phenoxy) is 1. The standard InChI is InChI=1S/C23H27N3O7S/c1-25(19-4-2-3-11-24-19)12-13-33-16-7-5-15(6-8-16)14-18-21(29)26(23(32)34-18)17(22(30)31)9-10-20(27)28/h2-8,11,17-18,21,29H,9-10,12-14H2,1H3,(H,27,28)(H,30,31). The highest BCUT2D eigenvalue weighted by Gasteiger charge is 2.45. The number of carbonyl (C=O) groups is 3. The van der Waals surface area contributed by atoms with Crippen LogP contribution in [0.25, 0.3) is 0 Å². The molecule has 3 N–H and O–H groups in total. The molecule has 3 unspecified atom stereocenters. The van der Waals surface area contributed by atoms with Crippen molar-refractivity contribution in [2.24, 2.45) is 0 Å². The third kappa shape index (κ3) is 6.61. The second-order valence-corrected chi connectivity index (χ2v) is 9.03. The molecule has 182 valence electrons. The highest BCUT2D eigenvalue weighted by molar-refractivity contribution is 8.14. The largest absolute Gasteiger partial charge is 0.492 e. The maximum Gasteiger partial charge on any atom is 0.326 e.